The Hall–Kier alpha value is -2.17. The van der Waals surface area contributed by atoms with Crippen LogP contribution in [0, 0.1) is 0 Å². The van der Waals surface area contributed by atoms with Crippen molar-refractivity contribution in [1.29, 1.82) is 0 Å². The summed E-state index contributed by atoms with van der Waals surface area (Å²) in [5.74, 6) is -1.54. The van der Waals surface area contributed by atoms with Crippen molar-refractivity contribution in [3.05, 3.63) is 35.4 Å². The molecule has 5 nitrogen and oxygen atoms in total. The molecule has 23 heavy (non-hydrogen) atoms. The first-order valence-electron chi connectivity index (χ1n) is 8.12. The van der Waals surface area contributed by atoms with Crippen molar-refractivity contribution in [2.24, 2.45) is 0 Å². The molecule has 0 aromatic heterocycles. The fourth-order valence-corrected chi connectivity index (χ4v) is 2.23. The van der Waals surface area contributed by atoms with Crippen LogP contribution in [0.15, 0.2) is 24.3 Å². The molecule has 1 atom stereocenters. The van der Waals surface area contributed by atoms with Crippen molar-refractivity contribution < 1.29 is 19.5 Å². The van der Waals surface area contributed by atoms with Crippen LogP contribution in [0.1, 0.15) is 61.9 Å². The summed E-state index contributed by atoms with van der Waals surface area (Å²) in [5.41, 5.74) is 1.73. The van der Waals surface area contributed by atoms with E-state index in [9.17, 15) is 14.4 Å². The Morgan fingerprint density at radius 3 is 2.26 bits per heavy atom. The van der Waals surface area contributed by atoms with Gasteiger partial charge >= 0.3 is 5.97 Å². The van der Waals surface area contributed by atoms with E-state index in [-0.39, 0.29) is 18.6 Å². The molecule has 0 saturated heterocycles. The molecule has 126 valence electrons. The average Bonchev–Trinajstić information content (AvgIpc) is 2.56. The smallest absolute Gasteiger partial charge is 0.326 e. The Morgan fingerprint density at radius 1 is 1.09 bits per heavy atom. The molecule has 0 aliphatic carbocycles. The predicted molar refractivity (Wildman–Crippen MR) is 88.5 cm³/mol. The highest BCUT2D eigenvalue weighted by Gasteiger charge is 2.19. The molecule has 0 bridgehead atoms. The zero-order chi connectivity index (χ0) is 17.2. The summed E-state index contributed by atoms with van der Waals surface area (Å²) in [7, 11) is 0. The van der Waals surface area contributed by atoms with Gasteiger partial charge in [0, 0.05) is 18.4 Å². The van der Waals surface area contributed by atoms with Crippen molar-refractivity contribution in [2.75, 3.05) is 0 Å². The van der Waals surface area contributed by atoms with Gasteiger partial charge in [0.15, 0.2) is 5.78 Å². The number of aliphatic carboxylic acids is 1. The van der Waals surface area contributed by atoms with Gasteiger partial charge in [-0.25, -0.2) is 4.79 Å². The molecule has 0 radical (unpaired) electrons. The maximum atomic E-state index is 12.0. The molecule has 0 heterocycles. The number of carbonyl (C=O) groups excluding carboxylic acids is 2. The van der Waals surface area contributed by atoms with Crippen LogP contribution in [0.25, 0.3) is 0 Å². The van der Waals surface area contributed by atoms with E-state index in [0.717, 1.165) is 24.8 Å². The van der Waals surface area contributed by atoms with Gasteiger partial charge in [-0.2, -0.15) is 0 Å². The highest BCUT2D eigenvalue weighted by Crippen LogP contribution is 2.09. The monoisotopic (exact) mass is 319 g/mol. The summed E-state index contributed by atoms with van der Waals surface area (Å²) in [6, 6.07) is 6.46. The number of carboxylic acid groups (broad SMARTS) is 1. The molecule has 0 fully saturated rings. The molecule has 0 saturated carbocycles. The first kappa shape index (κ1) is 18.9. The SMILES string of the molecule is CCCCC(NC(=O)CCC(=O)c1ccc(CC)cc1)C(=O)O. The normalized spacial score (nSPS) is 11.7. The molecular formula is C18H25NO4. The number of hydrogen-bond acceptors (Lipinski definition) is 3. The standard InChI is InChI=1S/C18H25NO4/c1-3-5-6-15(18(22)23)19-17(21)12-11-16(20)14-9-7-13(4-2)8-10-14/h7-10,15H,3-6,11-12H2,1-2H3,(H,19,21)(H,22,23). The van der Waals surface area contributed by atoms with Crippen LogP contribution in [0.2, 0.25) is 0 Å². The minimum absolute atomic E-state index is 0.00423. The summed E-state index contributed by atoms with van der Waals surface area (Å²) >= 11 is 0. The Bertz CT molecular complexity index is 536. The summed E-state index contributed by atoms with van der Waals surface area (Å²) in [6.07, 6.45) is 3.00. The number of carboxylic acids is 1. The Morgan fingerprint density at radius 2 is 1.74 bits per heavy atom. The van der Waals surface area contributed by atoms with E-state index in [2.05, 4.69) is 5.32 Å². The minimum Gasteiger partial charge on any atom is -0.480 e. The van der Waals surface area contributed by atoms with E-state index in [0.29, 0.717) is 12.0 Å². The van der Waals surface area contributed by atoms with Gasteiger partial charge in [-0.05, 0) is 18.4 Å². The molecule has 1 amide bonds. The molecule has 2 N–H and O–H groups in total. The van der Waals surface area contributed by atoms with Gasteiger partial charge in [-0.3, -0.25) is 9.59 Å². The summed E-state index contributed by atoms with van der Waals surface area (Å²) in [5, 5.41) is 11.6. The number of Topliss-reactive ketones (excluding diaryl/α,β-unsaturated/α-hetero) is 1. The molecule has 1 unspecified atom stereocenters. The quantitative estimate of drug-likeness (QED) is 0.649. The van der Waals surface area contributed by atoms with Crippen molar-refractivity contribution in [1.82, 2.24) is 5.32 Å². The maximum Gasteiger partial charge on any atom is 0.326 e. The molecule has 1 aromatic carbocycles. The molecular weight excluding hydrogens is 294 g/mol. The zero-order valence-electron chi connectivity index (χ0n) is 13.8. The van der Waals surface area contributed by atoms with E-state index in [1.165, 1.54) is 0 Å². The van der Waals surface area contributed by atoms with Crippen LogP contribution >= 0.6 is 0 Å². The van der Waals surface area contributed by atoms with Gasteiger partial charge in [0.05, 0.1) is 0 Å². The van der Waals surface area contributed by atoms with Crippen LogP contribution in [0.5, 0.6) is 0 Å². The topological polar surface area (TPSA) is 83.5 Å². The number of benzene rings is 1. The Kier molecular flexibility index (Phi) is 8.02. The summed E-state index contributed by atoms with van der Waals surface area (Å²) in [6.45, 7) is 4.00. The highest BCUT2D eigenvalue weighted by molar-refractivity contribution is 5.98. The third kappa shape index (κ3) is 6.63. The van der Waals surface area contributed by atoms with Crippen molar-refractivity contribution in [3.8, 4) is 0 Å². The third-order valence-electron chi connectivity index (χ3n) is 3.74. The maximum absolute atomic E-state index is 12.0. The largest absolute Gasteiger partial charge is 0.480 e. The number of unbranched alkanes of at least 4 members (excludes halogenated alkanes) is 1. The molecule has 0 aliphatic rings. The molecule has 0 aliphatic heterocycles. The Balaban J connectivity index is 2.47. The van der Waals surface area contributed by atoms with Gasteiger partial charge in [0.2, 0.25) is 5.91 Å². The van der Waals surface area contributed by atoms with Gasteiger partial charge < -0.3 is 10.4 Å². The van der Waals surface area contributed by atoms with Crippen LogP contribution in [0.3, 0.4) is 0 Å². The van der Waals surface area contributed by atoms with Crippen molar-refractivity contribution >= 4 is 17.7 Å². The fraction of sp³-hybridized carbons (Fsp3) is 0.500. The van der Waals surface area contributed by atoms with E-state index < -0.39 is 17.9 Å². The third-order valence-corrected chi connectivity index (χ3v) is 3.74. The van der Waals surface area contributed by atoms with Crippen LogP contribution in [-0.2, 0) is 16.0 Å². The van der Waals surface area contributed by atoms with Crippen LogP contribution in [0.4, 0.5) is 0 Å². The molecule has 0 spiro atoms. The second-order valence-corrected chi connectivity index (χ2v) is 5.57. The first-order chi connectivity index (χ1) is 11.0. The van der Waals surface area contributed by atoms with Crippen molar-refractivity contribution in [3.63, 3.8) is 0 Å². The number of carbonyl (C=O) groups is 3. The number of hydrogen-bond donors (Lipinski definition) is 2. The summed E-state index contributed by atoms with van der Waals surface area (Å²) in [4.78, 5) is 35.0. The van der Waals surface area contributed by atoms with E-state index in [1.54, 1.807) is 12.1 Å². The van der Waals surface area contributed by atoms with Gasteiger partial charge in [-0.1, -0.05) is 51.0 Å². The number of nitrogens with one attached hydrogen (secondary N) is 1. The molecule has 1 aromatic rings. The minimum atomic E-state index is -1.03. The predicted octanol–water partition coefficient (Wildman–Crippen LogP) is 2.97. The van der Waals surface area contributed by atoms with Gasteiger partial charge in [-0.15, -0.1) is 0 Å². The molecule has 5 heteroatoms. The van der Waals surface area contributed by atoms with E-state index >= 15 is 0 Å². The average molecular weight is 319 g/mol. The number of aryl methyl sites for hydroxylation is 1. The molecule has 1 rings (SSSR count). The number of ketones is 1. The van der Waals surface area contributed by atoms with Gasteiger partial charge in [0.25, 0.3) is 0 Å². The second-order valence-electron chi connectivity index (χ2n) is 5.57. The zero-order valence-corrected chi connectivity index (χ0v) is 13.8. The highest BCUT2D eigenvalue weighted by atomic mass is 16.4. The lowest BCUT2D eigenvalue weighted by atomic mass is 10.0. The number of amides is 1. The lowest BCUT2D eigenvalue weighted by Gasteiger charge is -2.13. The lowest BCUT2D eigenvalue weighted by molar-refractivity contribution is -0.142. The van der Waals surface area contributed by atoms with E-state index in [1.807, 2.05) is 26.0 Å². The first-order valence-corrected chi connectivity index (χ1v) is 8.12. The number of rotatable bonds is 10. The van der Waals surface area contributed by atoms with Crippen molar-refractivity contribution in [2.45, 2.75) is 58.4 Å². The lowest BCUT2D eigenvalue weighted by Crippen LogP contribution is -2.40. The second kappa shape index (κ2) is 9.77. The van der Waals surface area contributed by atoms with Gasteiger partial charge in [0.1, 0.15) is 6.04 Å². The van der Waals surface area contributed by atoms with Crippen LogP contribution in [-0.4, -0.2) is 28.8 Å². The van der Waals surface area contributed by atoms with E-state index in [4.69, 9.17) is 5.11 Å². The Labute approximate surface area is 137 Å². The fourth-order valence-electron chi connectivity index (χ4n) is 2.23. The van der Waals surface area contributed by atoms with Crippen LogP contribution < -0.4 is 5.32 Å². The summed E-state index contributed by atoms with van der Waals surface area (Å²) < 4.78 is 0.